The molecule has 0 amide bonds. The molecule has 1 N–H and O–H groups in total. The first-order valence-electron chi connectivity index (χ1n) is 8.35. The summed E-state index contributed by atoms with van der Waals surface area (Å²) < 4.78 is 6.46. The van der Waals surface area contributed by atoms with Gasteiger partial charge in [0.05, 0.1) is 12.2 Å². The SMILES string of the molecule is CC1CCCC(OC(CNC2CC2)c2ccc(Cl)cc2)C1. The standard InChI is InChI=1S/C18H26ClNO/c1-13-3-2-4-17(11-13)21-18(12-20-16-9-10-16)14-5-7-15(19)8-6-14/h5-8,13,16-18,20H,2-4,9-12H2,1H3. The van der Waals surface area contributed by atoms with Crippen LogP contribution in [0.4, 0.5) is 0 Å². The van der Waals surface area contributed by atoms with Crippen molar-refractivity contribution >= 4 is 11.6 Å². The van der Waals surface area contributed by atoms with E-state index < -0.39 is 0 Å². The van der Waals surface area contributed by atoms with Crippen molar-refractivity contribution < 1.29 is 4.74 Å². The number of benzene rings is 1. The summed E-state index contributed by atoms with van der Waals surface area (Å²) in [5.41, 5.74) is 1.24. The van der Waals surface area contributed by atoms with E-state index in [1.54, 1.807) is 0 Å². The third kappa shape index (κ3) is 4.70. The summed E-state index contributed by atoms with van der Waals surface area (Å²) in [7, 11) is 0. The summed E-state index contributed by atoms with van der Waals surface area (Å²) in [5.74, 6) is 0.797. The molecule has 2 nitrogen and oxygen atoms in total. The van der Waals surface area contributed by atoms with Crippen molar-refractivity contribution in [3.8, 4) is 0 Å². The maximum absolute atomic E-state index is 6.46. The monoisotopic (exact) mass is 307 g/mol. The van der Waals surface area contributed by atoms with Crippen LogP contribution in [0.5, 0.6) is 0 Å². The van der Waals surface area contributed by atoms with Gasteiger partial charge >= 0.3 is 0 Å². The van der Waals surface area contributed by atoms with Crippen molar-refractivity contribution in [2.75, 3.05) is 6.54 Å². The van der Waals surface area contributed by atoms with Gasteiger partial charge in [-0.3, -0.25) is 0 Å². The van der Waals surface area contributed by atoms with Crippen LogP contribution in [0, 0.1) is 5.92 Å². The van der Waals surface area contributed by atoms with Crippen LogP contribution in [-0.4, -0.2) is 18.7 Å². The molecule has 2 fully saturated rings. The van der Waals surface area contributed by atoms with Gasteiger partial charge in [0, 0.05) is 17.6 Å². The Morgan fingerprint density at radius 1 is 1.19 bits per heavy atom. The molecule has 116 valence electrons. The normalized spacial score (nSPS) is 27.5. The summed E-state index contributed by atoms with van der Waals surface area (Å²) in [6, 6.07) is 8.86. The maximum Gasteiger partial charge on any atom is 0.0953 e. The van der Waals surface area contributed by atoms with E-state index in [1.165, 1.54) is 44.1 Å². The molecule has 0 aromatic heterocycles. The highest BCUT2D eigenvalue weighted by Gasteiger charge is 2.26. The van der Waals surface area contributed by atoms with Crippen LogP contribution in [0.1, 0.15) is 57.1 Å². The first-order valence-corrected chi connectivity index (χ1v) is 8.73. The minimum atomic E-state index is 0.151. The van der Waals surface area contributed by atoms with E-state index in [0.717, 1.165) is 17.5 Å². The van der Waals surface area contributed by atoms with Gasteiger partial charge in [-0.25, -0.2) is 0 Å². The van der Waals surface area contributed by atoms with Crippen LogP contribution in [0.2, 0.25) is 5.02 Å². The maximum atomic E-state index is 6.46. The number of ether oxygens (including phenoxy) is 1. The lowest BCUT2D eigenvalue weighted by Crippen LogP contribution is -2.30. The molecule has 3 heteroatoms. The molecule has 2 aliphatic carbocycles. The highest BCUT2D eigenvalue weighted by molar-refractivity contribution is 6.30. The fraction of sp³-hybridized carbons (Fsp3) is 0.667. The van der Waals surface area contributed by atoms with Crippen molar-refractivity contribution in [3.05, 3.63) is 34.9 Å². The quantitative estimate of drug-likeness (QED) is 0.820. The molecule has 0 radical (unpaired) electrons. The molecule has 21 heavy (non-hydrogen) atoms. The zero-order valence-electron chi connectivity index (χ0n) is 12.9. The van der Waals surface area contributed by atoms with Gasteiger partial charge in [-0.2, -0.15) is 0 Å². The molecule has 0 heterocycles. The van der Waals surface area contributed by atoms with Crippen molar-refractivity contribution in [2.24, 2.45) is 5.92 Å². The van der Waals surface area contributed by atoms with Gasteiger partial charge in [0.25, 0.3) is 0 Å². The molecular formula is C18H26ClNO. The zero-order chi connectivity index (χ0) is 14.7. The largest absolute Gasteiger partial charge is 0.369 e. The minimum Gasteiger partial charge on any atom is -0.369 e. The Bertz CT molecular complexity index is 443. The Labute approximate surface area is 133 Å². The second kappa shape index (κ2) is 7.13. The molecule has 1 aromatic rings. The second-order valence-corrected chi connectivity index (χ2v) is 7.19. The molecule has 0 aliphatic heterocycles. The van der Waals surface area contributed by atoms with E-state index in [-0.39, 0.29) is 6.10 Å². The summed E-state index contributed by atoms with van der Waals surface area (Å²) in [5, 5.41) is 4.40. The Hall–Kier alpha value is -0.570. The molecule has 0 spiro atoms. The van der Waals surface area contributed by atoms with Crippen molar-refractivity contribution in [1.82, 2.24) is 5.32 Å². The fourth-order valence-electron chi connectivity index (χ4n) is 3.22. The Morgan fingerprint density at radius 2 is 1.95 bits per heavy atom. The molecule has 0 saturated heterocycles. The number of hydrogen-bond acceptors (Lipinski definition) is 2. The van der Waals surface area contributed by atoms with E-state index in [9.17, 15) is 0 Å². The Kier molecular flexibility index (Phi) is 5.20. The predicted molar refractivity (Wildman–Crippen MR) is 87.7 cm³/mol. The average Bonchev–Trinajstić information content (AvgIpc) is 3.29. The summed E-state index contributed by atoms with van der Waals surface area (Å²) in [6.07, 6.45) is 8.25. The van der Waals surface area contributed by atoms with Crippen LogP contribution in [0.15, 0.2) is 24.3 Å². The third-order valence-electron chi connectivity index (χ3n) is 4.66. The first kappa shape index (κ1) is 15.3. The van der Waals surface area contributed by atoms with E-state index in [4.69, 9.17) is 16.3 Å². The van der Waals surface area contributed by atoms with Crippen LogP contribution >= 0.6 is 11.6 Å². The molecule has 2 aliphatic rings. The molecule has 3 rings (SSSR count). The summed E-state index contributed by atoms with van der Waals surface area (Å²) in [6.45, 7) is 3.26. The first-order chi connectivity index (χ1) is 10.2. The van der Waals surface area contributed by atoms with E-state index in [2.05, 4.69) is 24.4 Å². The lowest BCUT2D eigenvalue weighted by atomic mass is 9.88. The van der Waals surface area contributed by atoms with Gasteiger partial charge in [0.15, 0.2) is 0 Å². The Morgan fingerprint density at radius 3 is 2.62 bits per heavy atom. The topological polar surface area (TPSA) is 21.3 Å². The van der Waals surface area contributed by atoms with Gasteiger partial charge in [0.2, 0.25) is 0 Å². The smallest absolute Gasteiger partial charge is 0.0953 e. The third-order valence-corrected chi connectivity index (χ3v) is 4.91. The second-order valence-electron chi connectivity index (χ2n) is 6.75. The molecular weight excluding hydrogens is 282 g/mol. The van der Waals surface area contributed by atoms with Gasteiger partial charge < -0.3 is 10.1 Å². The number of hydrogen-bond donors (Lipinski definition) is 1. The number of halogens is 1. The summed E-state index contributed by atoms with van der Waals surface area (Å²) >= 11 is 6.01. The van der Waals surface area contributed by atoms with Crippen molar-refractivity contribution in [1.29, 1.82) is 0 Å². The number of rotatable bonds is 6. The van der Waals surface area contributed by atoms with Crippen LogP contribution in [0.25, 0.3) is 0 Å². The van der Waals surface area contributed by atoms with Gasteiger partial charge in [-0.05, 0) is 49.3 Å². The fourth-order valence-corrected chi connectivity index (χ4v) is 3.34. The van der Waals surface area contributed by atoms with Crippen molar-refractivity contribution in [2.45, 2.75) is 63.7 Å². The summed E-state index contributed by atoms with van der Waals surface area (Å²) in [4.78, 5) is 0. The predicted octanol–water partition coefficient (Wildman–Crippen LogP) is 4.73. The van der Waals surface area contributed by atoms with Gasteiger partial charge in [0.1, 0.15) is 0 Å². The molecule has 3 unspecified atom stereocenters. The molecule has 3 atom stereocenters. The molecule has 1 aromatic carbocycles. The van der Waals surface area contributed by atoms with E-state index >= 15 is 0 Å². The molecule has 2 saturated carbocycles. The molecule has 0 bridgehead atoms. The van der Waals surface area contributed by atoms with Crippen LogP contribution < -0.4 is 5.32 Å². The highest BCUT2D eigenvalue weighted by atomic mass is 35.5. The van der Waals surface area contributed by atoms with Crippen LogP contribution in [0.3, 0.4) is 0 Å². The minimum absolute atomic E-state index is 0.151. The van der Waals surface area contributed by atoms with E-state index in [0.29, 0.717) is 12.1 Å². The zero-order valence-corrected chi connectivity index (χ0v) is 13.6. The highest BCUT2D eigenvalue weighted by Crippen LogP contribution is 2.31. The van der Waals surface area contributed by atoms with Gasteiger partial charge in [-0.1, -0.05) is 43.5 Å². The van der Waals surface area contributed by atoms with Crippen LogP contribution in [-0.2, 0) is 4.74 Å². The average molecular weight is 308 g/mol. The van der Waals surface area contributed by atoms with E-state index in [1.807, 2.05) is 12.1 Å². The Balaban J connectivity index is 1.63. The van der Waals surface area contributed by atoms with Gasteiger partial charge in [-0.15, -0.1) is 0 Å². The lowest BCUT2D eigenvalue weighted by Gasteiger charge is -2.31. The lowest BCUT2D eigenvalue weighted by molar-refractivity contribution is -0.0396. The van der Waals surface area contributed by atoms with Crippen molar-refractivity contribution in [3.63, 3.8) is 0 Å². The number of nitrogens with one attached hydrogen (secondary N) is 1.